The van der Waals surface area contributed by atoms with Crippen LogP contribution in [-0.2, 0) is 4.79 Å². The lowest BCUT2D eigenvalue weighted by Crippen LogP contribution is -2.33. The molecule has 0 atom stereocenters. The molecule has 0 spiro atoms. The Morgan fingerprint density at radius 3 is 2.61 bits per heavy atom. The molecule has 0 unspecified atom stereocenters. The quantitative estimate of drug-likeness (QED) is 0.708. The average Bonchev–Trinajstić information content (AvgIpc) is 3.12. The maximum absolute atomic E-state index is 12.9. The molecule has 0 radical (unpaired) electrons. The summed E-state index contributed by atoms with van der Waals surface area (Å²) in [6.45, 7) is 5.79. The summed E-state index contributed by atoms with van der Waals surface area (Å²) in [5, 5.41) is 6.64. The van der Waals surface area contributed by atoms with E-state index in [0.29, 0.717) is 16.6 Å². The number of hydrogen-bond acceptors (Lipinski definition) is 4. The topological polar surface area (TPSA) is 71.1 Å². The number of hydrogen-bond donors (Lipinski definition) is 2. The van der Waals surface area contributed by atoms with Gasteiger partial charge in [0, 0.05) is 17.4 Å². The average molecular weight is 398 g/mol. The van der Waals surface area contributed by atoms with Crippen molar-refractivity contribution in [3.05, 3.63) is 52.7 Å². The van der Waals surface area contributed by atoms with E-state index in [-0.39, 0.29) is 17.6 Å². The predicted octanol–water partition coefficient (Wildman–Crippen LogP) is 4.41. The first-order valence-electron chi connectivity index (χ1n) is 9.71. The first-order valence-corrected chi connectivity index (χ1v) is 10.7. The zero-order chi connectivity index (χ0) is 20.1. The SMILES string of the molecule is Cc1cccc(NC(=O)c2c(C)cc(C)nc2SCC(=O)NC2CCCC2)c1. The molecule has 2 aromatic rings. The molecular weight excluding hydrogens is 370 g/mol. The third-order valence-electron chi connectivity index (χ3n) is 4.87. The maximum Gasteiger partial charge on any atom is 0.258 e. The monoisotopic (exact) mass is 397 g/mol. The first-order chi connectivity index (χ1) is 13.4. The molecule has 1 aromatic heterocycles. The van der Waals surface area contributed by atoms with Crippen molar-refractivity contribution in [3.63, 3.8) is 0 Å². The molecule has 5 nitrogen and oxygen atoms in total. The highest BCUT2D eigenvalue weighted by Gasteiger charge is 2.20. The molecular formula is C22H27N3O2S. The third kappa shape index (κ3) is 5.35. The molecule has 1 saturated carbocycles. The zero-order valence-corrected chi connectivity index (χ0v) is 17.5. The summed E-state index contributed by atoms with van der Waals surface area (Å²) in [4.78, 5) is 29.8. The lowest BCUT2D eigenvalue weighted by Gasteiger charge is -2.14. The molecule has 2 N–H and O–H groups in total. The van der Waals surface area contributed by atoms with E-state index >= 15 is 0 Å². The molecule has 28 heavy (non-hydrogen) atoms. The van der Waals surface area contributed by atoms with Crippen molar-refractivity contribution in [1.29, 1.82) is 0 Å². The number of carbonyl (C=O) groups excluding carboxylic acids is 2. The van der Waals surface area contributed by atoms with Crippen LogP contribution in [0.25, 0.3) is 0 Å². The second-order valence-corrected chi connectivity index (χ2v) is 8.39. The molecule has 1 aliphatic rings. The Morgan fingerprint density at radius 1 is 1.14 bits per heavy atom. The van der Waals surface area contributed by atoms with Crippen LogP contribution in [0.3, 0.4) is 0 Å². The van der Waals surface area contributed by atoms with Crippen LogP contribution < -0.4 is 10.6 Å². The van der Waals surface area contributed by atoms with Crippen LogP contribution in [-0.4, -0.2) is 28.6 Å². The number of amides is 2. The van der Waals surface area contributed by atoms with Crippen molar-refractivity contribution in [2.45, 2.75) is 57.5 Å². The molecule has 6 heteroatoms. The van der Waals surface area contributed by atoms with Crippen molar-refractivity contribution in [2.24, 2.45) is 0 Å². The van der Waals surface area contributed by atoms with Gasteiger partial charge in [0.2, 0.25) is 5.91 Å². The molecule has 1 fully saturated rings. The molecule has 0 bridgehead atoms. The minimum absolute atomic E-state index is 0.00269. The fourth-order valence-electron chi connectivity index (χ4n) is 3.57. The Bertz CT molecular complexity index is 876. The molecule has 1 aliphatic carbocycles. The summed E-state index contributed by atoms with van der Waals surface area (Å²) in [6.07, 6.45) is 4.48. The minimum Gasteiger partial charge on any atom is -0.353 e. The highest BCUT2D eigenvalue weighted by Crippen LogP contribution is 2.26. The number of rotatable bonds is 6. The van der Waals surface area contributed by atoms with Crippen LogP contribution in [0.1, 0.15) is 52.9 Å². The van der Waals surface area contributed by atoms with Gasteiger partial charge in [-0.25, -0.2) is 4.98 Å². The van der Waals surface area contributed by atoms with Gasteiger partial charge < -0.3 is 10.6 Å². The number of carbonyl (C=O) groups is 2. The fraction of sp³-hybridized carbons (Fsp3) is 0.409. The number of benzene rings is 1. The van der Waals surface area contributed by atoms with Crippen LogP contribution in [0.4, 0.5) is 5.69 Å². The van der Waals surface area contributed by atoms with E-state index in [1.807, 2.05) is 51.1 Å². The van der Waals surface area contributed by atoms with Gasteiger partial charge in [0.05, 0.1) is 11.3 Å². The second-order valence-electron chi connectivity index (χ2n) is 7.42. The van der Waals surface area contributed by atoms with Crippen molar-refractivity contribution in [3.8, 4) is 0 Å². The number of nitrogens with zero attached hydrogens (tertiary/aromatic N) is 1. The minimum atomic E-state index is -0.200. The summed E-state index contributed by atoms with van der Waals surface area (Å²) < 4.78 is 0. The summed E-state index contributed by atoms with van der Waals surface area (Å²) >= 11 is 1.32. The lowest BCUT2D eigenvalue weighted by atomic mass is 10.1. The number of nitrogens with one attached hydrogen (secondary N) is 2. The highest BCUT2D eigenvalue weighted by molar-refractivity contribution is 8.00. The Balaban J connectivity index is 1.73. The normalized spacial score (nSPS) is 14.1. The number of thioether (sulfide) groups is 1. The second kappa shape index (κ2) is 9.24. The van der Waals surface area contributed by atoms with Crippen molar-refractivity contribution in [2.75, 3.05) is 11.1 Å². The molecule has 3 rings (SSSR count). The Morgan fingerprint density at radius 2 is 1.89 bits per heavy atom. The number of anilines is 1. The van der Waals surface area contributed by atoms with E-state index in [4.69, 9.17) is 0 Å². The third-order valence-corrected chi connectivity index (χ3v) is 5.85. The lowest BCUT2D eigenvalue weighted by molar-refractivity contribution is -0.119. The van der Waals surface area contributed by atoms with Gasteiger partial charge in [-0.2, -0.15) is 0 Å². The van der Waals surface area contributed by atoms with E-state index < -0.39 is 0 Å². The number of aryl methyl sites for hydroxylation is 3. The van der Waals surface area contributed by atoms with Crippen LogP contribution in [0.2, 0.25) is 0 Å². The van der Waals surface area contributed by atoms with Crippen LogP contribution in [0.5, 0.6) is 0 Å². The van der Waals surface area contributed by atoms with Crippen molar-refractivity contribution >= 4 is 29.3 Å². The van der Waals surface area contributed by atoms with Crippen molar-refractivity contribution in [1.82, 2.24) is 10.3 Å². The van der Waals surface area contributed by atoms with E-state index in [1.54, 1.807) is 0 Å². The van der Waals surface area contributed by atoms with Gasteiger partial charge in [-0.15, -0.1) is 0 Å². The summed E-state index contributed by atoms with van der Waals surface area (Å²) in [5.41, 5.74) is 4.06. The van der Waals surface area contributed by atoms with Gasteiger partial charge in [0.1, 0.15) is 5.03 Å². The summed E-state index contributed by atoms with van der Waals surface area (Å²) in [7, 11) is 0. The zero-order valence-electron chi connectivity index (χ0n) is 16.7. The molecule has 148 valence electrons. The molecule has 1 heterocycles. The molecule has 1 aromatic carbocycles. The maximum atomic E-state index is 12.9. The predicted molar refractivity (Wildman–Crippen MR) is 114 cm³/mol. The van der Waals surface area contributed by atoms with Gasteiger partial charge in [-0.3, -0.25) is 9.59 Å². The number of pyridine rings is 1. The van der Waals surface area contributed by atoms with E-state index in [2.05, 4.69) is 15.6 Å². The highest BCUT2D eigenvalue weighted by atomic mass is 32.2. The fourth-order valence-corrected chi connectivity index (χ4v) is 4.53. The van der Waals surface area contributed by atoms with Crippen molar-refractivity contribution < 1.29 is 9.59 Å². The Kier molecular flexibility index (Phi) is 6.73. The summed E-state index contributed by atoms with van der Waals surface area (Å²) in [5.74, 6) is 0.0640. The molecule has 2 amide bonds. The van der Waals surface area contributed by atoms with Gasteiger partial charge in [-0.05, 0) is 62.9 Å². The first kappa shape index (κ1) is 20.4. The number of aromatic nitrogens is 1. The van der Waals surface area contributed by atoms with E-state index in [0.717, 1.165) is 35.3 Å². The Labute approximate surface area is 170 Å². The molecule has 0 saturated heterocycles. The van der Waals surface area contributed by atoms with E-state index in [1.165, 1.54) is 24.6 Å². The van der Waals surface area contributed by atoms with Crippen LogP contribution >= 0.6 is 11.8 Å². The van der Waals surface area contributed by atoms with E-state index in [9.17, 15) is 9.59 Å². The molecule has 0 aliphatic heterocycles. The van der Waals surface area contributed by atoms with Gasteiger partial charge >= 0.3 is 0 Å². The summed E-state index contributed by atoms with van der Waals surface area (Å²) in [6, 6.07) is 9.88. The van der Waals surface area contributed by atoms with Crippen LogP contribution in [0, 0.1) is 20.8 Å². The smallest absolute Gasteiger partial charge is 0.258 e. The van der Waals surface area contributed by atoms with Gasteiger partial charge in [0.15, 0.2) is 0 Å². The standard InChI is InChI=1S/C22H27N3O2S/c1-14-7-6-10-18(11-14)25-21(27)20-15(2)12-16(3)23-22(20)28-13-19(26)24-17-8-4-5-9-17/h6-7,10-12,17H,4-5,8-9,13H2,1-3H3,(H,24,26)(H,25,27). The largest absolute Gasteiger partial charge is 0.353 e. The van der Waals surface area contributed by atoms with Crippen LogP contribution in [0.15, 0.2) is 35.4 Å². The Hall–Kier alpha value is -2.34. The van der Waals surface area contributed by atoms with Gasteiger partial charge in [0.25, 0.3) is 5.91 Å². The van der Waals surface area contributed by atoms with Gasteiger partial charge in [-0.1, -0.05) is 36.7 Å².